The lowest BCUT2D eigenvalue weighted by atomic mass is 10.0. The molecule has 3 aromatic rings. The van der Waals surface area contributed by atoms with Gasteiger partial charge >= 0.3 is 0 Å². The fourth-order valence-electron chi connectivity index (χ4n) is 3.51. The van der Waals surface area contributed by atoms with Crippen molar-refractivity contribution in [2.24, 2.45) is 0 Å². The Morgan fingerprint density at radius 1 is 1.37 bits per heavy atom. The molecule has 1 aliphatic heterocycles. The first-order valence-electron chi connectivity index (χ1n) is 9.83. The number of carbonyl (C=O) groups is 1. The second kappa shape index (κ2) is 8.95. The van der Waals surface area contributed by atoms with E-state index in [4.69, 9.17) is 16.3 Å². The Morgan fingerprint density at radius 3 is 2.87 bits per heavy atom. The lowest BCUT2D eigenvalue weighted by molar-refractivity contribution is -0.0261. The molecule has 1 aromatic carbocycles. The highest BCUT2D eigenvalue weighted by Gasteiger charge is 2.26. The maximum Gasteiger partial charge on any atom is 0.270 e. The first-order valence-corrected chi connectivity index (χ1v) is 10.2. The summed E-state index contributed by atoms with van der Waals surface area (Å²) in [4.78, 5) is 17.1. The molecule has 0 unspecified atom stereocenters. The van der Waals surface area contributed by atoms with Gasteiger partial charge in [0.05, 0.1) is 35.2 Å². The molecule has 2 N–H and O–H groups in total. The van der Waals surface area contributed by atoms with Crippen LogP contribution in [-0.2, 0) is 11.2 Å². The number of aliphatic hydroxyl groups is 1. The molecular formula is C22H23ClN4O3. The Bertz CT molecular complexity index is 1020. The van der Waals surface area contributed by atoms with Gasteiger partial charge in [0, 0.05) is 19.0 Å². The SMILES string of the molecule is Cc1nc(C(=O)N[C@H]2CCOC[C@@H]2O)cc(Cc2ccc(-n3cccn3)cc2)c1Cl. The van der Waals surface area contributed by atoms with Crippen LogP contribution in [0.4, 0.5) is 0 Å². The number of nitrogens with one attached hydrogen (secondary N) is 1. The highest BCUT2D eigenvalue weighted by molar-refractivity contribution is 6.32. The van der Waals surface area contributed by atoms with Crippen LogP contribution < -0.4 is 5.32 Å². The van der Waals surface area contributed by atoms with E-state index in [9.17, 15) is 9.90 Å². The van der Waals surface area contributed by atoms with E-state index in [1.165, 1.54) is 0 Å². The van der Waals surface area contributed by atoms with E-state index < -0.39 is 6.10 Å². The van der Waals surface area contributed by atoms with E-state index in [0.717, 1.165) is 16.8 Å². The number of nitrogens with zero attached hydrogens (tertiary/aromatic N) is 3. The van der Waals surface area contributed by atoms with Gasteiger partial charge in [0.15, 0.2) is 0 Å². The third-order valence-corrected chi connectivity index (χ3v) is 5.69. The quantitative estimate of drug-likeness (QED) is 0.654. The van der Waals surface area contributed by atoms with Crippen LogP contribution in [-0.4, -0.2) is 51.1 Å². The van der Waals surface area contributed by atoms with Gasteiger partial charge in [-0.1, -0.05) is 23.7 Å². The van der Waals surface area contributed by atoms with Gasteiger partial charge in [0.1, 0.15) is 5.69 Å². The molecule has 3 heterocycles. The molecule has 1 saturated heterocycles. The van der Waals surface area contributed by atoms with Gasteiger partial charge in [-0.25, -0.2) is 9.67 Å². The minimum Gasteiger partial charge on any atom is -0.389 e. The summed E-state index contributed by atoms with van der Waals surface area (Å²) in [6.07, 6.45) is 4.04. The van der Waals surface area contributed by atoms with Crippen LogP contribution in [0.3, 0.4) is 0 Å². The largest absolute Gasteiger partial charge is 0.389 e. The van der Waals surface area contributed by atoms with E-state index in [0.29, 0.717) is 35.9 Å². The van der Waals surface area contributed by atoms with Gasteiger partial charge in [-0.2, -0.15) is 5.10 Å². The summed E-state index contributed by atoms with van der Waals surface area (Å²) in [7, 11) is 0. The molecule has 1 fully saturated rings. The van der Waals surface area contributed by atoms with Crippen molar-refractivity contribution in [3.8, 4) is 5.69 Å². The van der Waals surface area contributed by atoms with E-state index in [2.05, 4.69) is 15.4 Å². The molecule has 7 nitrogen and oxygen atoms in total. The van der Waals surface area contributed by atoms with Gasteiger partial charge in [-0.3, -0.25) is 4.79 Å². The minimum atomic E-state index is -0.719. The molecule has 0 bridgehead atoms. The number of hydrogen-bond acceptors (Lipinski definition) is 5. The Morgan fingerprint density at radius 2 is 2.17 bits per heavy atom. The van der Waals surface area contributed by atoms with Crippen molar-refractivity contribution in [1.82, 2.24) is 20.1 Å². The van der Waals surface area contributed by atoms with Crippen LogP contribution in [0, 0.1) is 6.92 Å². The number of halogens is 1. The Hall–Kier alpha value is -2.74. The predicted octanol–water partition coefficient (Wildman–Crippen LogP) is 2.70. The van der Waals surface area contributed by atoms with Gasteiger partial charge in [-0.05, 0) is 55.2 Å². The fourth-order valence-corrected chi connectivity index (χ4v) is 3.67. The van der Waals surface area contributed by atoms with Gasteiger partial charge in [-0.15, -0.1) is 0 Å². The van der Waals surface area contributed by atoms with Crippen LogP contribution >= 0.6 is 11.6 Å². The summed E-state index contributed by atoms with van der Waals surface area (Å²) in [5, 5.41) is 17.7. The van der Waals surface area contributed by atoms with Crippen molar-refractivity contribution in [2.75, 3.05) is 13.2 Å². The van der Waals surface area contributed by atoms with E-state index in [-0.39, 0.29) is 18.6 Å². The van der Waals surface area contributed by atoms with Crippen LogP contribution in [0.5, 0.6) is 0 Å². The first kappa shape index (κ1) is 20.5. The highest BCUT2D eigenvalue weighted by Crippen LogP contribution is 2.24. The minimum absolute atomic E-state index is 0.220. The number of hydrogen-bond donors (Lipinski definition) is 2. The molecule has 0 saturated carbocycles. The summed E-state index contributed by atoms with van der Waals surface area (Å²) >= 11 is 6.48. The van der Waals surface area contributed by atoms with Gasteiger partial charge in [0.2, 0.25) is 0 Å². The average Bonchev–Trinajstić information content (AvgIpc) is 3.28. The molecule has 4 rings (SSSR count). The normalized spacial score (nSPS) is 18.9. The van der Waals surface area contributed by atoms with Crippen LogP contribution in [0.15, 0.2) is 48.8 Å². The highest BCUT2D eigenvalue weighted by atomic mass is 35.5. The number of carbonyl (C=O) groups excluding carboxylic acids is 1. The molecular weight excluding hydrogens is 404 g/mol. The number of amides is 1. The smallest absolute Gasteiger partial charge is 0.270 e. The maximum atomic E-state index is 12.7. The standard InChI is InChI=1S/C22H23ClN4O3/c1-14-21(23)16(11-15-3-5-17(6-4-15)27-9-2-8-24-27)12-19(25-14)22(29)26-18-7-10-30-13-20(18)28/h2-6,8-9,12,18,20,28H,7,10-11,13H2,1H3,(H,26,29)/t18-,20-/m0/s1. The van der Waals surface area contributed by atoms with Crippen LogP contribution in [0.25, 0.3) is 5.69 Å². The van der Waals surface area contributed by atoms with Crippen molar-refractivity contribution >= 4 is 17.5 Å². The maximum absolute atomic E-state index is 12.7. The van der Waals surface area contributed by atoms with Crippen molar-refractivity contribution in [3.05, 3.63) is 76.3 Å². The predicted molar refractivity (Wildman–Crippen MR) is 113 cm³/mol. The second-order valence-electron chi connectivity index (χ2n) is 7.37. The molecule has 1 amide bonds. The van der Waals surface area contributed by atoms with Crippen LogP contribution in [0.2, 0.25) is 5.02 Å². The van der Waals surface area contributed by atoms with Gasteiger partial charge in [0.25, 0.3) is 5.91 Å². The Balaban J connectivity index is 1.52. The third kappa shape index (κ3) is 4.53. The Labute approximate surface area is 179 Å². The van der Waals surface area contributed by atoms with E-state index in [1.54, 1.807) is 23.9 Å². The fraction of sp³-hybridized carbons (Fsp3) is 0.318. The summed E-state index contributed by atoms with van der Waals surface area (Å²) in [6.45, 7) is 2.51. The number of benzene rings is 1. The average molecular weight is 427 g/mol. The van der Waals surface area contributed by atoms with Gasteiger partial charge < -0.3 is 15.2 Å². The summed E-state index contributed by atoms with van der Waals surface area (Å²) in [5.74, 6) is -0.323. The zero-order valence-corrected chi connectivity index (χ0v) is 17.3. The summed E-state index contributed by atoms with van der Waals surface area (Å²) in [6, 6.07) is 11.3. The summed E-state index contributed by atoms with van der Waals surface area (Å²) < 4.78 is 7.00. The van der Waals surface area contributed by atoms with Crippen molar-refractivity contribution < 1.29 is 14.6 Å². The zero-order chi connectivity index (χ0) is 21.1. The number of aryl methyl sites for hydroxylation is 1. The topological polar surface area (TPSA) is 89.3 Å². The molecule has 2 atom stereocenters. The van der Waals surface area contributed by atoms with Crippen molar-refractivity contribution in [2.45, 2.75) is 31.9 Å². The molecule has 0 aliphatic carbocycles. The van der Waals surface area contributed by atoms with E-state index >= 15 is 0 Å². The second-order valence-corrected chi connectivity index (χ2v) is 7.75. The Kier molecular flexibility index (Phi) is 6.13. The number of ether oxygens (including phenoxy) is 1. The van der Waals surface area contributed by atoms with E-state index in [1.807, 2.05) is 36.5 Å². The zero-order valence-electron chi connectivity index (χ0n) is 16.6. The summed E-state index contributed by atoms with van der Waals surface area (Å²) in [5.41, 5.74) is 3.74. The molecule has 30 heavy (non-hydrogen) atoms. The van der Waals surface area contributed by atoms with Crippen molar-refractivity contribution in [3.63, 3.8) is 0 Å². The lowest BCUT2D eigenvalue weighted by Crippen LogP contribution is -2.48. The third-order valence-electron chi connectivity index (χ3n) is 5.17. The number of aromatic nitrogens is 3. The molecule has 2 aromatic heterocycles. The number of rotatable bonds is 5. The molecule has 156 valence electrons. The van der Waals surface area contributed by atoms with Crippen LogP contribution in [0.1, 0.15) is 33.7 Å². The molecule has 1 aliphatic rings. The first-order chi connectivity index (χ1) is 14.5. The molecule has 0 radical (unpaired) electrons. The monoisotopic (exact) mass is 426 g/mol. The molecule has 0 spiro atoms. The molecule has 8 heteroatoms. The number of aliphatic hydroxyl groups excluding tert-OH is 1. The number of pyridine rings is 1. The van der Waals surface area contributed by atoms with Crippen molar-refractivity contribution in [1.29, 1.82) is 0 Å². The lowest BCUT2D eigenvalue weighted by Gasteiger charge is -2.28.